The van der Waals surface area contributed by atoms with Gasteiger partial charge in [0.15, 0.2) is 0 Å². The van der Waals surface area contributed by atoms with Crippen LogP contribution >= 0.6 is 12.2 Å². The van der Waals surface area contributed by atoms with Crippen molar-refractivity contribution in [1.82, 2.24) is 5.32 Å². The molecule has 2 aromatic carbocycles. The van der Waals surface area contributed by atoms with Crippen LogP contribution < -0.4 is 21.0 Å². The van der Waals surface area contributed by atoms with E-state index in [-0.39, 0.29) is 30.2 Å². The normalized spacial score (nSPS) is 18.5. The Labute approximate surface area is 174 Å². The molecular formula is C19H17F4N3O3S. The number of aliphatic hydroxyl groups excluding tert-OH is 1. The average molecular weight is 443 g/mol. The molecule has 1 aliphatic heterocycles. The van der Waals surface area contributed by atoms with Crippen molar-refractivity contribution < 1.29 is 27.4 Å². The zero-order valence-corrected chi connectivity index (χ0v) is 16.1. The van der Waals surface area contributed by atoms with Gasteiger partial charge in [0, 0.05) is 18.3 Å². The van der Waals surface area contributed by atoms with E-state index in [1.54, 1.807) is 0 Å². The number of nitrogens with zero attached hydrogens (tertiary/aromatic N) is 1. The summed E-state index contributed by atoms with van der Waals surface area (Å²) in [6.07, 6.45) is -4.87. The summed E-state index contributed by atoms with van der Waals surface area (Å²) in [5.74, 6) is -1.42. The Bertz CT molecular complexity index is 995. The van der Waals surface area contributed by atoms with Gasteiger partial charge in [-0.15, -0.1) is 0 Å². The quantitative estimate of drug-likeness (QED) is 0.468. The third-order valence-electron chi connectivity index (χ3n) is 4.29. The number of benzene rings is 1. The molecular weight excluding hydrogens is 426 g/mol. The van der Waals surface area contributed by atoms with Crippen LogP contribution in [0.1, 0.15) is 0 Å². The first-order chi connectivity index (χ1) is 14.2. The van der Waals surface area contributed by atoms with Gasteiger partial charge in [0.25, 0.3) is 6.43 Å². The highest BCUT2D eigenvalue weighted by molar-refractivity contribution is 7.80. The van der Waals surface area contributed by atoms with Gasteiger partial charge in [-0.2, -0.15) is 0 Å². The van der Waals surface area contributed by atoms with Gasteiger partial charge in [0.1, 0.15) is 16.6 Å². The molecule has 1 saturated heterocycles. The Kier molecular flexibility index (Phi) is 6.85. The van der Waals surface area contributed by atoms with E-state index >= 15 is 0 Å². The van der Waals surface area contributed by atoms with E-state index in [0.29, 0.717) is 0 Å². The molecule has 0 aromatic heterocycles. The fourth-order valence-corrected chi connectivity index (χ4v) is 2.92. The highest BCUT2D eigenvalue weighted by Crippen LogP contribution is 2.28. The summed E-state index contributed by atoms with van der Waals surface area (Å²) in [6, 6.07) is 8.31. The van der Waals surface area contributed by atoms with Crippen LogP contribution in [0.2, 0.25) is 0 Å². The first-order valence-corrected chi connectivity index (χ1v) is 9.18. The topological polar surface area (TPSA) is 73.8 Å². The molecule has 1 unspecified atom stereocenters. The van der Waals surface area contributed by atoms with Gasteiger partial charge in [0.05, 0.1) is 24.0 Å². The molecule has 6 nitrogen and oxygen atoms in total. The Morgan fingerprint density at radius 1 is 1.23 bits per heavy atom. The Morgan fingerprint density at radius 3 is 2.70 bits per heavy atom. The number of ether oxygens (including phenoxy) is 1. The van der Waals surface area contributed by atoms with E-state index in [2.05, 4.69) is 22.9 Å². The molecule has 0 aliphatic carbocycles. The maximum Gasteiger partial charge on any atom is 0.288 e. The predicted octanol–water partition coefficient (Wildman–Crippen LogP) is 2.73. The van der Waals surface area contributed by atoms with E-state index in [0.717, 1.165) is 24.3 Å². The van der Waals surface area contributed by atoms with E-state index in [1.165, 1.54) is 23.1 Å². The molecule has 2 aromatic rings. The van der Waals surface area contributed by atoms with Crippen LogP contribution in [0.3, 0.4) is 0 Å². The highest BCUT2D eigenvalue weighted by Gasteiger charge is 2.32. The van der Waals surface area contributed by atoms with E-state index in [1.807, 2.05) is 0 Å². The molecule has 0 bridgehead atoms. The van der Waals surface area contributed by atoms with E-state index < -0.39 is 41.0 Å². The minimum absolute atomic E-state index is 0.0538. The van der Waals surface area contributed by atoms with Crippen molar-refractivity contribution in [2.24, 2.45) is 0 Å². The fraction of sp³-hybridized carbons (Fsp3) is 0.263. The smallest absolute Gasteiger partial charge is 0.288 e. The van der Waals surface area contributed by atoms with Gasteiger partial charge in [-0.1, -0.05) is 18.3 Å². The van der Waals surface area contributed by atoms with Crippen molar-refractivity contribution >= 4 is 34.3 Å². The van der Waals surface area contributed by atoms with Crippen LogP contribution in [-0.4, -0.2) is 42.1 Å². The fourth-order valence-electron chi connectivity index (χ4n) is 2.84. The molecule has 3 rings (SSSR count). The summed E-state index contributed by atoms with van der Waals surface area (Å²) in [5, 5.41) is 14.9. The average Bonchev–Trinajstić information content (AvgIpc) is 2.98. The summed E-state index contributed by atoms with van der Waals surface area (Å²) < 4.78 is 58.2. The number of aliphatic hydroxyl groups is 1. The summed E-state index contributed by atoms with van der Waals surface area (Å²) in [6.45, 7) is 0.0401. The molecule has 0 amide bonds. The first-order valence-electron chi connectivity index (χ1n) is 8.77. The lowest BCUT2D eigenvalue weighted by atomic mass is 10.2. The second-order valence-corrected chi connectivity index (χ2v) is 6.84. The number of anilines is 3. The predicted molar refractivity (Wildman–Crippen MR) is 107 cm³/mol. The van der Waals surface area contributed by atoms with E-state index in [9.17, 15) is 27.5 Å². The molecule has 1 aliphatic rings. The van der Waals surface area contributed by atoms with Crippen LogP contribution in [0, 0.1) is 11.6 Å². The zero-order chi connectivity index (χ0) is 21.8. The Hall–Kier alpha value is -2.76. The Morgan fingerprint density at radius 2 is 2.00 bits per heavy atom. The maximum atomic E-state index is 14.6. The summed E-state index contributed by atoms with van der Waals surface area (Å²) in [7, 11) is 0. The van der Waals surface area contributed by atoms with Gasteiger partial charge < -0.3 is 25.4 Å². The molecule has 2 atom stereocenters. The molecule has 0 spiro atoms. The molecule has 1 heterocycles. The number of hydrogen-bond donors (Lipinski definition) is 3. The number of halogens is 4. The molecule has 11 heteroatoms. The van der Waals surface area contributed by atoms with Crippen molar-refractivity contribution in [3.63, 3.8) is 0 Å². The number of hydrogen-bond acceptors (Lipinski definition) is 6. The van der Waals surface area contributed by atoms with Gasteiger partial charge in [-0.05, 0) is 30.3 Å². The van der Waals surface area contributed by atoms with Crippen molar-refractivity contribution in [2.75, 3.05) is 23.3 Å². The highest BCUT2D eigenvalue weighted by atomic mass is 32.1. The molecule has 160 valence electrons. The third kappa shape index (κ3) is 5.23. The van der Waals surface area contributed by atoms with Gasteiger partial charge in [0.2, 0.25) is 11.8 Å². The zero-order valence-electron chi connectivity index (χ0n) is 15.3. The van der Waals surface area contributed by atoms with Gasteiger partial charge in [-0.3, -0.25) is 4.79 Å². The standard InChI is InChI=1S/C19H17F4N3O3S/c20-10-2-1-3-16(27)15(6-10)25-14-5-4-11(7-13(14)21)26-9-12(29-19(26)28)8-24-18(30)17(22)23/h1-7,12,17,19,28H,8-9H2,(H,24,30)(H,25,27)/t12-,19?/m0/s1. The monoisotopic (exact) mass is 443 g/mol. The van der Waals surface area contributed by atoms with E-state index in [4.69, 9.17) is 4.74 Å². The summed E-state index contributed by atoms with van der Waals surface area (Å²) >= 11 is 4.48. The molecule has 1 fully saturated rings. The van der Waals surface area contributed by atoms with Crippen molar-refractivity contribution in [3.05, 3.63) is 64.3 Å². The minimum Gasteiger partial charge on any atom is -0.372 e. The number of nitrogens with one attached hydrogen (secondary N) is 2. The maximum absolute atomic E-state index is 14.6. The lowest BCUT2D eigenvalue weighted by molar-refractivity contribution is -0.0864. The van der Waals surface area contributed by atoms with Gasteiger partial charge in [-0.25, -0.2) is 17.6 Å². The van der Waals surface area contributed by atoms with Gasteiger partial charge >= 0.3 is 0 Å². The second-order valence-electron chi connectivity index (χ2n) is 6.40. The minimum atomic E-state index is -2.80. The van der Waals surface area contributed by atoms with Crippen LogP contribution in [-0.2, 0) is 4.74 Å². The number of thiocarbonyl (C=S) groups is 1. The van der Waals surface area contributed by atoms with Crippen LogP contribution in [0.4, 0.5) is 34.6 Å². The third-order valence-corrected chi connectivity index (χ3v) is 4.61. The SMILES string of the molecule is O=c1cccc(F)cc1Nc1ccc(N2C[C@H](CNC(=S)C(F)F)OC2O)cc1F. The second kappa shape index (κ2) is 9.37. The van der Waals surface area contributed by atoms with Crippen molar-refractivity contribution in [1.29, 1.82) is 0 Å². The lowest BCUT2D eigenvalue weighted by Crippen LogP contribution is -2.36. The largest absolute Gasteiger partial charge is 0.372 e. The van der Waals surface area contributed by atoms with Crippen LogP contribution in [0.5, 0.6) is 0 Å². The number of alkyl halides is 2. The number of rotatable bonds is 6. The summed E-state index contributed by atoms with van der Waals surface area (Å²) in [4.78, 5) is 12.6. The first kappa shape index (κ1) is 21.9. The molecule has 0 saturated carbocycles. The summed E-state index contributed by atoms with van der Waals surface area (Å²) in [5.41, 5.74) is -0.481. The molecule has 3 N–H and O–H groups in total. The molecule has 30 heavy (non-hydrogen) atoms. The van der Waals surface area contributed by atoms with Crippen LogP contribution in [0.25, 0.3) is 0 Å². The van der Waals surface area contributed by atoms with Crippen molar-refractivity contribution in [2.45, 2.75) is 18.9 Å². The molecule has 0 radical (unpaired) electrons. The van der Waals surface area contributed by atoms with Crippen molar-refractivity contribution in [3.8, 4) is 0 Å². The lowest BCUT2D eigenvalue weighted by Gasteiger charge is -2.21. The Balaban J connectivity index is 1.71. The van der Waals surface area contributed by atoms with Crippen LogP contribution in [0.15, 0.2) is 47.3 Å².